The molecular weight excluding hydrogens is 452 g/mol. The minimum Gasteiger partial charge on any atom is -0.491 e. The zero-order valence-electron chi connectivity index (χ0n) is 17.9. The Morgan fingerprint density at radius 3 is 2.68 bits per heavy atom. The number of halogens is 1. The maximum Gasteiger partial charge on any atom is 0.250 e. The van der Waals surface area contributed by atoms with E-state index in [4.69, 9.17) is 16.3 Å². The maximum absolute atomic E-state index is 13.1. The molecule has 5 nitrogen and oxygen atoms in total. The highest BCUT2D eigenvalue weighted by Crippen LogP contribution is 2.35. The van der Waals surface area contributed by atoms with Gasteiger partial charge >= 0.3 is 0 Å². The van der Waals surface area contributed by atoms with E-state index in [9.17, 15) is 8.42 Å². The van der Waals surface area contributed by atoms with Crippen molar-refractivity contribution in [2.45, 2.75) is 50.1 Å². The molecule has 2 aromatic carbocycles. The molecule has 0 spiro atoms. The van der Waals surface area contributed by atoms with Crippen molar-refractivity contribution in [3.8, 4) is 5.75 Å². The van der Waals surface area contributed by atoms with Gasteiger partial charge in [0.1, 0.15) is 9.96 Å². The Balaban J connectivity index is 1.40. The van der Waals surface area contributed by atoms with Gasteiger partial charge in [-0.05, 0) is 74.0 Å². The topological polar surface area (TPSA) is 58.6 Å². The van der Waals surface area contributed by atoms with Gasteiger partial charge in [0.2, 0.25) is 0 Å². The van der Waals surface area contributed by atoms with Crippen LogP contribution < -0.4 is 9.46 Å². The normalized spacial score (nSPS) is 17.6. The molecule has 4 rings (SSSR count). The number of aryl methyl sites for hydroxylation is 1. The molecule has 3 aromatic rings. The molecule has 1 fully saturated rings. The monoisotopic (exact) mass is 478 g/mol. The number of nitrogens with one attached hydrogen (secondary N) is 1. The summed E-state index contributed by atoms with van der Waals surface area (Å²) in [7, 11) is -3.58. The van der Waals surface area contributed by atoms with E-state index in [1.54, 1.807) is 6.07 Å². The Bertz CT molecular complexity index is 1170. The van der Waals surface area contributed by atoms with Crippen LogP contribution in [0.3, 0.4) is 0 Å². The highest BCUT2D eigenvalue weighted by atomic mass is 35.5. The van der Waals surface area contributed by atoms with E-state index >= 15 is 0 Å². The SMILES string of the molecule is Cc1c(S(=O)(=O)N[C@@H]2CCN(Cc3ccc(OC(C)C)cc3)C2)sc2ccc(Cl)cc12. The van der Waals surface area contributed by atoms with Crippen molar-refractivity contribution in [3.63, 3.8) is 0 Å². The molecule has 1 aliphatic rings. The number of nitrogens with zero attached hydrogens (tertiary/aromatic N) is 1. The molecule has 31 heavy (non-hydrogen) atoms. The van der Waals surface area contributed by atoms with Crippen LogP contribution in [0.1, 0.15) is 31.4 Å². The molecule has 8 heteroatoms. The molecule has 1 N–H and O–H groups in total. The summed E-state index contributed by atoms with van der Waals surface area (Å²) in [6, 6.07) is 13.5. The lowest BCUT2D eigenvalue weighted by atomic mass is 10.2. The predicted octanol–water partition coefficient (Wildman–Crippen LogP) is 5.20. The van der Waals surface area contributed by atoms with E-state index in [2.05, 4.69) is 21.8 Å². The Kier molecular flexibility index (Phi) is 6.60. The number of likely N-dealkylation sites (tertiary alicyclic amines) is 1. The summed E-state index contributed by atoms with van der Waals surface area (Å²) < 4.78 is 36.1. The van der Waals surface area contributed by atoms with Crippen LogP contribution >= 0.6 is 22.9 Å². The van der Waals surface area contributed by atoms with Gasteiger partial charge in [0.05, 0.1) is 6.10 Å². The average Bonchev–Trinajstić information content (AvgIpc) is 3.27. The van der Waals surface area contributed by atoms with Crippen LogP contribution in [0.2, 0.25) is 5.02 Å². The molecule has 0 unspecified atom stereocenters. The quantitative estimate of drug-likeness (QED) is 0.506. The van der Waals surface area contributed by atoms with E-state index < -0.39 is 10.0 Å². The van der Waals surface area contributed by atoms with Gasteiger partial charge in [-0.1, -0.05) is 23.7 Å². The van der Waals surface area contributed by atoms with Gasteiger partial charge in [0, 0.05) is 35.4 Å². The number of hydrogen-bond acceptors (Lipinski definition) is 5. The second-order valence-electron chi connectivity index (χ2n) is 8.31. The third-order valence-corrected chi connectivity index (χ3v) is 9.04. The molecule has 1 aromatic heterocycles. The van der Waals surface area contributed by atoms with Crippen molar-refractivity contribution in [1.82, 2.24) is 9.62 Å². The average molecular weight is 479 g/mol. The Hall–Kier alpha value is -1.64. The van der Waals surface area contributed by atoms with Gasteiger partial charge in [-0.2, -0.15) is 0 Å². The Morgan fingerprint density at radius 2 is 1.97 bits per heavy atom. The lowest BCUT2D eigenvalue weighted by Crippen LogP contribution is -2.36. The highest BCUT2D eigenvalue weighted by Gasteiger charge is 2.29. The van der Waals surface area contributed by atoms with Gasteiger partial charge in [0.25, 0.3) is 10.0 Å². The Morgan fingerprint density at radius 1 is 1.23 bits per heavy atom. The summed E-state index contributed by atoms with van der Waals surface area (Å²) in [4.78, 5) is 2.28. The first-order chi connectivity index (χ1) is 14.7. The molecule has 0 aliphatic carbocycles. The first kappa shape index (κ1) is 22.6. The van der Waals surface area contributed by atoms with Crippen LogP contribution in [0, 0.1) is 6.92 Å². The van der Waals surface area contributed by atoms with Gasteiger partial charge in [0.15, 0.2) is 0 Å². The van der Waals surface area contributed by atoms with E-state index in [1.165, 1.54) is 16.9 Å². The van der Waals surface area contributed by atoms with E-state index in [-0.39, 0.29) is 12.1 Å². The molecule has 1 saturated heterocycles. The summed E-state index contributed by atoms with van der Waals surface area (Å²) >= 11 is 7.39. The van der Waals surface area contributed by atoms with Gasteiger partial charge < -0.3 is 4.74 Å². The minimum atomic E-state index is -3.58. The molecule has 166 valence electrons. The summed E-state index contributed by atoms with van der Waals surface area (Å²) in [6.45, 7) is 8.21. The zero-order valence-corrected chi connectivity index (χ0v) is 20.3. The Labute approximate surface area is 193 Å². The highest BCUT2D eigenvalue weighted by molar-refractivity contribution is 7.91. The van der Waals surface area contributed by atoms with Crippen molar-refractivity contribution in [1.29, 1.82) is 0 Å². The second kappa shape index (κ2) is 9.08. The van der Waals surface area contributed by atoms with Crippen molar-refractivity contribution in [2.24, 2.45) is 0 Å². The summed E-state index contributed by atoms with van der Waals surface area (Å²) in [5, 5.41) is 1.51. The van der Waals surface area contributed by atoms with Gasteiger partial charge in [-0.3, -0.25) is 4.90 Å². The number of fused-ring (bicyclic) bond motifs is 1. The van der Waals surface area contributed by atoms with Crippen LogP contribution in [0.5, 0.6) is 5.75 Å². The second-order valence-corrected chi connectivity index (χ2v) is 11.7. The largest absolute Gasteiger partial charge is 0.491 e. The van der Waals surface area contributed by atoms with Gasteiger partial charge in [-0.25, -0.2) is 13.1 Å². The predicted molar refractivity (Wildman–Crippen MR) is 128 cm³/mol. The van der Waals surface area contributed by atoms with Crippen LogP contribution in [0.25, 0.3) is 10.1 Å². The van der Waals surface area contributed by atoms with Crippen molar-refractivity contribution < 1.29 is 13.2 Å². The third-order valence-electron chi connectivity index (χ3n) is 5.39. The number of thiophene rings is 1. The molecule has 1 aliphatic heterocycles. The number of benzene rings is 2. The summed E-state index contributed by atoms with van der Waals surface area (Å²) in [5.41, 5.74) is 1.95. The molecule has 2 heterocycles. The molecule has 0 amide bonds. The van der Waals surface area contributed by atoms with E-state index in [1.807, 2.05) is 45.0 Å². The number of rotatable bonds is 7. The fraction of sp³-hybridized carbons (Fsp3) is 0.391. The van der Waals surface area contributed by atoms with Crippen molar-refractivity contribution in [2.75, 3.05) is 13.1 Å². The van der Waals surface area contributed by atoms with Crippen LogP contribution in [-0.2, 0) is 16.6 Å². The number of ether oxygens (including phenoxy) is 1. The molecule has 0 saturated carbocycles. The van der Waals surface area contributed by atoms with E-state index in [0.29, 0.717) is 15.8 Å². The summed E-state index contributed by atoms with van der Waals surface area (Å²) in [6.07, 6.45) is 0.948. The minimum absolute atomic E-state index is 0.0956. The first-order valence-corrected chi connectivity index (χ1v) is 13.1. The third kappa shape index (κ3) is 5.23. The molecular formula is C23H27ClN2O3S2. The molecule has 0 bridgehead atoms. The first-order valence-electron chi connectivity index (χ1n) is 10.4. The van der Waals surface area contributed by atoms with Crippen LogP contribution in [0.4, 0.5) is 0 Å². The lowest BCUT2D eigenvalue weighted by molar-refractivity contribution is 0.242. The fourth-order valence-corrected chi connectivity index (χ4v) is 7.17. The lowest BCUT2D eigenvalue weighted by Gasteiger charge is -2.17. The van der Waals surface area contributed by atoms with Crippen molar-refractivity contribution in [3.05, 3.63) is 58.6 Å². The molecule has 0 radical (unpaired) electrons. The van der Waals surface area contributed by atoms with E-state index in [0.717, 1.165) is 40.9 Å². The van der Waals surface area contributed by atoms with Crippen molar-refractivity contribution >= 4 is 43.0 Å². The maximum atomic E-state index is 13.1. The van der Waals surface area contributed by atoms with Crippen LogP contribution in [-0.4, -0.2) is 38.6 Å². The zero-order chi connectivity index (χ0) is 22.2. The van der Waals surface area contributed by atoms with Crippen LogP contribution in [0.15, 0.2) is 46.7 Å². The number of sulfonamides is 1. The fourth-order valence-electron chi connectivity index (χ4n) is 3.98. The van der Waals surface area contributed by atoms with Gasteiger partial charge in [-0.15, -0.1) is 11.3 Å². The number of hydrogen-bond donors (Lipinski definition) is 1. The standard InChI is InChI=1S/C23H27ClN2O3S2/c1-15(2)29-20-7-4-17(5-8-20)13-26-11-10-19(14-26)25-31(27,28)23-16(3)21-12-18(24)6-9-22(21)30-23/h4-9,12,15,19,25H,10-11,13-14H2,1-3H3/t19-/m1/s1. The molecule has 1 atom stereocenters. The smallest absolute Gasteiger partial charge is 0.250 e. The summed E-state index contributed by atoms with van der Waals surface area (Å²) in [5.74, 6) is 0.866.